The number of hydrogen-bond acceptors (Lipinski definition) is 3. The summed E-state index contributed by atoms with van der Waals surface area (Å²) in [6.45, 7) is 0. The highest BCUT2D eigenvalue weighted by Crippen LogP contribution is 2.25. The second-order valence-corrected chi connectivity index (χ2v) is 4.17. The number of halogens is 3. The fourth-order valence-electron chi connectivity index (χ4n) is 1.28. The average molecular weight is 300 g/mol. The predicted octanol–water partition coefficient (Wildman–Crippen LogP) is 3.45. The van der Waals surface area contributed by atoms with Gasteiger partial charge in [0.15, 0.2) is 0 Å². The van der Waals surface area contributed by atoms with Gasteiger partial charge < -0.3 is 11.1 Å². The van der Waals surface area contributed by atoms with E-state index in [9.17, 15) is 8.78 Å². The van der Waals surface area contributed by atoms with E-state index in [2.05, 4.69) is 26.2 Å². The first kappa shape index (κ1) is 11.8. The second kappa shape index (κ2) is 4.67. The van der Waals surface area contributed by atoms with Crippen molar-refractivity contribution in [3.63, 3.8) is 0 Å². The molecule has 0 aliphatic carbocycles. The fourth-order valence-corrected chi connectivity index (χ4v) is 1.59. The molecular formula is C11H8BrF2N3. The number of nitrogens with two attached hydrogens (primary N) is 1. The third-order valence-corrected chi connectivity index (χ3v) is 2.65. The molecule has 88 valence electrons. The Morgan fingerprint density at radius 3 is 2.65 bits per heavy atom. The van der Waals surface area contributed by atoms with Gasteiger partial charge in [-0.25, -0.2) is 13.8 Å². The van der Waals surface area contributed by atoms with Gasteiger partial charge in [-0.1, -0.05) is 6.07 Å². The molecule has 0 saturated heterocycles. The quantitative estimate of drug-likeness (QED) is 0.835. The first-order chi connectivity index (χ1) is 8.06. The zero-order chi connectivity index (χ0) is 12.4. The molecule has 0 bridgehead atoms. The summed E-state index contributed by atoms with van der Waals surface area (Å²) in [5.74, 6) is -0.487. The van der Waals surface area contributed by atoms with Crippen LogP contribution in [0.1, 0.15) is 0 Å². The van der Waals surface area contributed by atoms with E-state index in [1.807, 2.05) is 0 Å². The normalized spacial score (nSPS) is 10.3. The number of nitrogens with zero attached hydrogens (tertiary/aromatic N) is 1. The summed E-state index contributed by atoms with van der Waals surface area (Å²) in [5, 5.41) is 2.65. The van der Waals surface area contributed by atoms with Crippen molar-refractivity contribution < 1.29 is 8.78 Å². The van der Waals surface area contributed by atoms with Gasteiger partial charge in [0.1, 0.15) is 23.3 Å². The number of aromatic nitrogens is 1. The first-order valence-electron chi connectivity index (χ1n) is 4.70. The molecule has 17 heavy (non-hydrogen) atoms. The maximum atomic E-state index is 13.5. The minimum absolute atomic E-state index is 0.00352. The summed E-state index contributed by atoms with van der Waals surface area (Å²) < 4.78 is 26.8. The largest absolute Gasteiger partial charge is 0.384 e. The van der Waals surface area contributed by atoms with Crippen LogP contribution in [-0.2, 0) is 0 Å². The number of nitrogen functional groups attached to an aromatic ring is 1. The van der Waals surface area contributed by atoms with Crippen LogP contribution in [0.25, 0.3) is 0 Å². The van der Waals surface area contributed by atoms with Crippen molar-refractivity contribution in [2.45, 2.75) is 0 Å². The summed E-state index contributed by atoms with van der Waals surface area (Å²) in [5.41, 5.74) is 5.48. The highest BCUT2D eigenvalue weighted by Gasteiger charge is 2.08. The maximum Gasteiger partial charge on any atom is 0.148 e. The fraction of sp³-hybridized carbons (Fsp3) is 0. The molecule has 1 heterocycles. The number of nitrogens with one attached hydrogen (secondary N) is 1. The van der Waals surface area contributed by atoms with Crippen LogP contribution in [0.4, 0.5) is 26.1 Å². The van der Waals surface area contributed by atoms with Crippen LogP contribution < -0.4 is 11.1 Å². The van der Waals surface area contributed by atoms with Gasteiger partial charge in [0, 0.05) is 6.07 Å². The van der Waals surface area contributed by atoms with Gasteiger partial charge in [-0.15, -0.1) is 0 Å². The summed E-state index contributed by atoms with van der Waals surface area (Å²) in [7, 11) is 0. The minimum atomic E-state index is -0.581. The lowest BCUT2D eigenvalue weighted by atomic mass is 10.3. The van der Waals surface area contributed by atoms with E-state index in [-0.39, 0.29) is 10.2 Å². The molecule has 1 aromatic carbocycles. The lowest BCUT2D eigenvalue weighted by Crippen LogP contribution is -1.99. The molecule has 2 rings (SSSR count). The zero-order valence-corrected chi connectivity index (χ0v) is 10.1. The maximum absolute atomic E-state index is 13.5. The monoisotopic (exact) mass is 299 g/mol. The summed E-state index contributed by atoms with van der Waals surface area (Å²) >= 11 is 2.90. The van der Waals surface area contributed by atoms with Gasteiger partial charge in [0.25, 0.3) is 0 Å². The molecule has 0 atom stereocenters. The minimum Gasteiger partial charge on any atom is -0.384 e. The second-order valence-electron chi connectivity index (χ2n) is 3.32. The third kappa shape index (κ3) is 2.71. The Hall–Kier alpha value is -1.69. The molecule has 0 radical (unpaired) electrons. The van der Waals surface area contributed by atoms with E-state index in [1.165, 1.54) is 0 Å². The summed E-state index contributed by atoms with van der Waals surface area (Å²) in [6, 6.07) is 6.96. The third-order valence-electron chi connectivity index (χ3n) is 2.04. The van der Waals surface area contributed by atoms with Gasteiger partial charge in [-0.2, -0.15) is 0 Å². The molecule has 3 N–H and O–H groups in total. The van der Waals surface area contributed by atoms with Crippen molar-refractivity contribution in [3.8, 4) is 0 Å². The number of anilines is 3. The van der Waals surface area contributed by atoms with Gasteiger partial charge >= 0.3 is 0 Å². The van der Waals surface area contributed by atoms with Crippen LogP contribution in [0.5, 0.6) is 0 Å². The average Bonchev–Trinajstić information content (AvgIpc) is 2.26. The van der Waals surface area contributed by atoms with Crippen LogP contribution in [0.2, 0.25) is 0 Å². The smallest absolute Gasteiger partial charge is 0.148 e. The van der Waals surface area contributed by atoms with E-state index in [0.717, 1.165) is 12.1 Å². The van der Waals surface area contributed by atoms with Crippen LogP contribution in [0.15, 0.2) is 34.8 Å². The van der Waals surface area contributed by atoms with Gasteiger partial charge in [-0.3, -0.25) is 0 Å². The Bertz CT molecular complexity index is 560. The molecule has 0 amide bonds. The van der Waals surface area contributed by atoms with E-state index in [1.54, 1.807) is 18.2 Å². The van der Waals surface area contributed by atoms with E-state index < -0.39 is 11.6 Å². The van der Waals surface area contributed by atoms with Crippen LogP contribution in [0.3, 0.4) is 0 Å². The van der Waals surface area contributed by atoms with Crippen LogP contribution in [-0.4, -0.2) is 4.98 Å². The molecule has 6 heteroatoms. The van der Waals surface area contributed by atoms with Gasteiger partial charge in [0.2, 0.25) is 0 Å². The van der Waals surface area contributed by atoms with Crippen molar-refractivity contribution in [1.29, 1.82) is 0 Å². The van der Waals surface area contributed by atoms with Gasteiger partial charge in [-0.05, 0) is 34.1 Å². The first-order valence-corrected chi connectivity index (χ1v) is 5.49. The summed E-state index contributed by atoms with van der Waals surface area (Å²) in [4.78, 5) is 3.93. The van der Waals surface area contributed by atoms with Crippen molar-refractivity contribution >= 4 is 33.3 Å². The molecule has 0 saturated carbocycles. The molecule has 2 aromatic rings. The Labute approximate surface area is 105 Å². The molecule has 0 fully saturated rings. The lowest BCUT2D eigenvalue weighted by molar-refractivity contribution is 0.598. The Balaban J connectivity index is 2.33. The van der Waals surface area contributed by atoms with Crippen LogP contribution >= 0.6 is 15.9 Å². The number of rotatable bonds is 2. The molecule has 0 spiro atoms. The molecule has 3 nitrogen and oxygen atoms in total. The molecule has 0 aliphatic heterocycles. The molecule has 0 unspecified atom stereocenters. The molecule has 0 aliphatic rings. The van der Waals surface area contributed by atoms with Crippen molar-refractivity contribution in [2.24, 2.45) is 0 Å². The van der Waals surface area contributed by atoms with Crippen molar-refractivity contribution in [3.05, 3.63) is 46.4 Å². The predicted molar refractivity (Wildman–Crippen MR) is 66.0 cm³/mol. The lowest BCUT2D eigenvalue weighted by Gasteiger charge is -2.08. The van der Waals surface area contributed by atoms with E-state index >= 15 is 0 Å². The highest BCUT2D eigenvalue weighted by atomic mass is 79.9. The topological polar surface area (TPSA) is 50.9 Å². The zero-order valence-electron chi connectivity index (χ0n) is 8.55. The Morgan fingerprint density at radius 2 is 1.94 bits per heavy atom. The molecular weight excluding hydrogens is 292 g/mol. The Morgan fingerprint density at radius 1 is 1.18 bits per heavy atom. The number of hydrogen-bond donors (Lipinski definition) is 2. The SMILES string of the molecule is Nc1cccc(Nc2cc(F)c(Br)cc2F)n1. The number of benzene rings is 1. The number of pyridine rings is 1. The van der Waals surface area contributed by atoms with E-state index in [0.29, 0.717) is 11.6 Å². The van der Waals surface area contributed by atoms with E-state index in [4.69, 9.17) is 5.73 Å². The van der Waals surface area contributed by atoms with Crippen molar-refractivity contribution in [2.75, 3.05) is 11.1 Å². The Kier molecular flexibility index (Phi) is 3.23. The standard InChI is InChI=1S/C11H8BrF2N3/c12-6-4-8(14)9(5-7(6)13)16-11-3-1-2-10(15)17-11/h1-5H,(H3,15,16,17). The summed E-state index contributed by atoms with van der Waals surface area (Å²) in [6.07, 6.45) is 0. The van der Waals surface area contributed by atoms with Gasteiger partial charge in [0.05, 0.1) is 10.2 Å². The molecule has 1 aromatic heterocycles. The van der Waals surface area contributed by atoms with Crippen molar-refractivity contribution in [1.82, 2.24) is 4.98 Å². The highest BCUT2D eigenvalue weighted by molar-refractivity contribution is 9.10. The van der Waals surface area contributed by atoms with Crippen LogP contribution in [0, 0.1) is 11.6 Å².